The highest BCUT2D eigenvalue weighted by Crippen LogP contribution is 2.57. The van der Waals surface area contributed by atoms with Crippen LogP contribution in [-0.4, -0.2) is 64.9 Å². The Hall–Kier alpha value is -3.57. The molecule has 2 atom stereocenters. The maximum absolute atomic E-state index is 13.9. The van der Waals surface area contributed by atoms with Crippen LogP contribution in [0.2, 0.25) is 0 Å². The summed E-state index contributed by atoms with van der Waals surface area (Å²) in [4.78, 5) is 13.3. The fourth-order valence-electron chi connectivity index (χ4n) is 8.80. The SMILES string of the molecule is COc1cc(N2CCN([C@H]3C4CC5CC3C[C@](O)(C5)C4)CC2)ccc1Nc1ncc(C(F)(F)F)c(Nc2c(C)cccc2C)n1. The van der Waals surface area contributed by atoms with Crippen LogP contribution in [0.5, 0.6) is 5.75 Å². The van der Waals surface area contributed by atoms with Gasteiger partial charge in [-0.05, 0) is 87.0 Å². The minimum absolute atomic E-state index is 0.0247. The number of para-hydroxylation sites is 1. The number of anilines is 5. The van der Waals surface area contributed by atoms with Gasteiger partial charge in [-0.1, -0.05) is 18.2 Å². The van der Waals surface area contributed by atoms with E-state index >= 15 is 0 Å². The Kier molecular flexibility index (Phi) is 7.59. The molecule has 0 amide bonds. The Balaban J connectivity index is 1.05. The van der Waals surface area contributed by atoms with Gasteiger partial charge in [0.2, 0.25) is 5.95 Å². The molecule has 8 rings (SSSR count). The summed E-state index contributed by atoms with van der Waals surface area (Å²) < 4.78 is 47.4. The van der Waals surface area contributed by atoms with Crippen LogP contribution in [0.4, 0.5) is 42.0 Å². The molecule has 5 aliphatic rings. The predicted molar refractivity (Wildman–Crippen MR) is 169 cm³/mol. The third kappa shape index (κ3) is 5.80. The zero-order valence-electron chi connectivity index (χ0n) is 26.0. The number of aromatic nitrogens is 2. The zero-order chi connectivity index (χ0) is 31.5. The van der Waals surface area contributed by atoms with E-state index in [-0.39, 0.29) is 11.8 Å². The van der Waals surface area contributed by atoms with Gasteiger partial charge < -0.3 is 25.4 Å². The van der Waals surface area contributed by atoms with E-state index in [4.69, 9.17) is 4.74 Å². The first-order valence-electron chi connectivity index (χ1n) is 15.9. The van der Waals surface area contributed by atoms with E-state index in [9.17, 15) is 18.3 Å². The number of nitrogens with zero attached hydrogens (tertiary/aromatic N) is 4. The third-order valence-electron chi connectivity index (χ3n) is 10.5. The lowest BCUT2D eigenvalue weighted by Crippen LogP contribution is -2.64. The average Bonchev–Trinajstić information content (AvgIpc) is 2.98. The molecule has 0 spiro atoms. The lowest BCUT2D eigenvalue weighted by Gasteiger charge is -2.61. The number of aryl methyl sites for hydroxylation is 2. The van der Waals surface area contributed by atoms with Gasteiger partial charge in [0.1, 0.15) is 17.1 Å². The van der Waals surface area contributed by atoms with Crippen LogP contribution in [-0.2, 0) is 6.18 Å². The maximum atomic E-state index is 13.9. The van der Waals surface area contributed by atoms with Gasteiger partial charge >= 0.3 is 6.18 Å². The summed E-state index contributed by atoms with van der Waals surface area (Å²) >= 11 is 0. The van der Waals surface area contributed by atoms with Gasteiger partial charge in [0.15, 0.2) is 0 Å². The second kappa shape index (κ2) is 11.3. The molecular weight excluding hydrogens is 581 g/mol. The standard InChI is InChI=1S/C34H41F3N6O2/c1-20-5-4-6-21(2)29(20)40-31-26(34(35,36)37)19-38-32(41-31)39-27-8-7-25(15-28(27)45-3)42-9-11-43(12-10-42)30-23-13-22-14-24(30)18-33(44,16-22)17-23/h4-8,15,19,22-24,30,44H,9-14,16-18H2,1-3H3,(H2,38,39,40,41)/t22?,23?,24?,30-,33-. The second-order valence-corrected chi connectivity index (χ2v) is 13.6. The number of hydrogen-bond acceptors (Lipinski definition) is 8. The molecule has 3 aromatic rings. The monoisotopic (exact) mass is 622 g/mol. The van der Waals surface area contributed by atoms with Crippen LogP contribution in [0, 0.1) is 31.6 Å². The van der Waals surface area contributed by atoms with Crippen molar-refractivity contribution in [2.75, 3.05) is 48.8 Å². The fourth-order valence-corrected chi connectivity index (χ4v) is 8.80. The molecule has 3 N–H and O–H groups in total. The van der Waals surface area contributed by atoms with Crippen molar-refractivity contribution >= 4 is 28.8 Å². The van der Waals surface area contributed by atoms with E-state index in [1.165, 1.54) is 12.8 Å². The van der Waals surface area contributed by atoms with E-state index in [1.807, 2.05) is 50.2 Å². The second-order valence-electron chi connectivity index (χ2n) is 13.6. The number of rotatable bonds is 7. The smallest absolute Gasteiger partial charge is 0.421 e. The zero-order valence-corrected chi connectivity index (χ0v) is 26.0. The Morgan fingerprint density at radius 1 is 0.956 bits per heavy atom. The van der Waals surface area contributed by atoms with Crippen LogP contribution in [0.15, 0.2) is 42.6 Å². The van der Waals surface area contributed by atoms with E-state index in [0.717, 1.165) is 68.5 Å². The Morgan fingerprint density at radius 3 is 2.27 bits per heavy atom. The van der Waals surface area contributed by atoms with Gasteiger partial charge in [-0.2, -0.15) is 18.2 Å². The van der Waals surface area contributed by atoms with Crippen LogP contribution >= 0.6 is 0 Å². The Bertz CT molecular complexity index is 1540. The molecule has 2 aromatic carbocycles. The molecular formula is C34H41F3N6O2. The number of nitrogens with one attached hydrogen (secondary N) is 2. The maximum Gasteiger partial charge on any atom is 0.421 e. The van der Waals surface area contributed by atoms with E-state index in [0.29, 0.717) is 40.9 Å². The minimum atomic E-state index is -4.63. The molecule has 4 aliphatic carbocycles. The number of methoxy groups -OCH3 is 1. The number of halogens is 3. The topological polar surface area (TPSA) is 85.8 Å². The quantitative estimate of drug-likeness (QED) is 0.270. The fraction of sp³-hybridized carbons (Fsp3) is 0.529. The van der Waals surface area contributed by atoms with E-state index in [2.05, 4.69) is 30.4 Å². The van der Waals surface area contributed by atoms with Crippen molar-refractivity contribution in [3.05, 3.63) is 59.3 Å². The van der Waals surface area contributed by atoms with Crippen molar-refractivity contribution in [3.8, 4) is 5.75 Å². The number of ether oxygens (including phenoxy) is 1. The molecule has 45 heavy (non-hydrogen) atoms. The Labute approximate surface area is 262 Å². The normalized spacial score (nSPS) is 27.9. The minimum Gasteiger partial charge on any atom is -0.494 e. The summed E-state index contributed by atoms with van der Waals surface area (Å²) in [5.41, 5.74) is 2.44. The van der Waals surface area contributed by atoms with Gasteiger partial charge in [-0.25, -0.2) is 4.98 Å². The van der Waals surface area contributed by atoms with Gasteiger partial charge in [-0.15, -0.1) is 0 Å². The first-order chi connectivity index (χ1) is 21.5. The number of hydrogen-bond donors (Lipinski definition) is 3. The van der Waals surface area contributed by atoms with Crippen molar-refractivity contribution in [1.29, 1.82) is 0 Å². The van der Waals surface area contributed by atoms with Crippen molar-refractivity contribution in [1.82, 2.24) is 14.9 Å². The molecule has 2 unspecified atom stereocenters. The van der Waals surface area contributed by atoms with Gasteiger partial charge in [0.25, 0.3) is 0 Å². The van der Waals surface area contributed by atoms with Crippen molar-refractivity contribution in [3.63, 3.8) is 0 Å². The summed E-state index contributed by atoms with van der Waals surface area (Å²) in [6.45, 7) is 7.44. The molecule has 4 saturated carbocycles. The lowest BCUT2D eigenvalue weighted by molar-refractivity contribution is -0.160. The van der Waals surface area contributed by atoms with Crippen molar-refractivity contribution in [2.45, 2.75) is 63.8 Å². The molecule has 1 saturated heterocycles. The summed E-state index contributed by atoms with van der Waals surface area (Å²) in [5, 5.41) is 17.0. The average molecular weight is 623 g/mol. The summed E-state index contributed by atoms with van der Waals surface area (Å²) in [6.07, 6.45) is 1.63. The highest BCUT2D eigenvalue weighted by atomic mass is 19.4. The number of piperazine rings is 1. The largest absolute Gasteiger partial charge is 0.494 e. The molecule has 8 nitrogen and oxygen atoms in total. The summed E-state index contributed by atoms with van der Waals surface area (Å²) in [7, 11) is 1.57. The molecule has 11 heteroatoms. The van der Waals surface area contributed by atoms with E-state index < -0.39 is 17.3 Å². The molecule has 240 valence electrons. The number of alkyl halides is 3. The van der Waals surface area contributed by atoms with Gasteiger partial charge in [0.05, 0.1) is 18.4 Å². The highest BCUT2D eigenvalue weighted by molar-refractivity contribution is 5.71. The first kappa shape index (κ1) is 30.1. The predicted octanol–water partition coefficient (Wildman–Crippen LogP) is 6.67. The lowest BCUT2D eigenvalue weighted by atomic mass is 9.52. The molecule has 4 bridgehead atoms. The molecule has 5 fully saturated rings. The van der Waals surface area contributed by atoms with Crippen molar-refractivity contribution < 1.29 is 23.0 Å². The molecule has 1 aromatic heterocycles. The van der Waals surface area contributed by atoms with Crippen LogP contribution in [0.25, 0.3) is 0 Å². The number of benzene rings is 2. The van der Waals surface area contributed by atoms with Gasteiger partial charge in [-0.3, -0.25) is 4.90 Å². The van der Waals surface area contributed by atoms with Crippen molar-refractivity contribution in [2.24, 2.45) is 17.8 Å². The number of aliphatic hydroxyl groups is 1. The third-order valence-corrected chi connectivity index (χ3v) is 10.5. The summed E-state index contributed by atoms with van der Waals surface area (Å²) in [6, 6.07) is 11.9. The Morgan fingerprint density at radius 2 is 1.64 bits per heavy atom. The van der Waals surface area contributed by atoms with E-state index in [1.54, 1.807) is 7.11 Å². The molecule has 2 heterocycles. The first-order valence-corrected chi connectivity index (χ1v) is 15.9. The highest BCUT2D eigenvalue weighted by Gasteiger charge is 2.56. The van der Waals surface area contributed by atoms with Crippen LogP contribution < -0.4 is 20.3 Å². The van der Waals surface area contributed by atoms with Gasteiger partial charge in [0, 0.05) is 55.9 Å². The summed E-state index contributed by atoms with van der Waals surface area (Å²) in [5.74, 6) is 2.19. The molecule has 1 aliphatic heterocycles. The van der Waals surface area contributed by atoms with Crippen LogP contribution in [0.1, 0.15) is 48.8 Å². The molecule has 0 radical (unpaired) electrons. The van der Waals surface area contributed by atoms with Crippen LogP contribution in [0.3, 0.4) is 0 Å².